The zero-order valence-electron chi connectivity index (χ0n) is 12.3. The zero-order valence-corrected chi connectivity index (χ0v) is 14.5. The number of ether oxygens (including phenoxy) is 3. The molecule has 0 N–H and O–H groups in total. The fourth-order valence-electron chi connectivity index (χ4n) is 3.26. The van der Waals surface area contributed by atoms with Crippen LogP contribution in [0.2, 0.25) is 0 Å². The molecule has 4 atom stereocenters. The number of rotatable bonds is 6. The summed E-state index contributed by atoms with van der Waals surface area (Å²) < 4.78 is 18.0. The van der Waals surface area contributed by atoms with E-state index in [-0.39, 0.29) is 29.9 Å². The Bertz CT molecular complexity index is 411. The third kappa shape index (κ3) is 4.08. The van der Waals surface area contributed by atoms with Crippen molar-refractivity contribution in [2.24, 2.45) is 0 Å². The average Bonchev–Trinajstić information content (AvgIpc) is 2.88. The van der Waals surface area contributed by atoms with Gasteiger partial charge in [-0.15, -0.1) is 0 Å². The van der Waals surface area contributed by atoms with Crippen molar-refractivity contribution in [1.82, 2.24) is 0 Å². The highest BCUT2D eigenvalue weighted by Crippen LogP contribution is 2.44. The van der Waals surface area contributed by atoms with Crippen LogP contribution in [0.5, 0.6) is 0 Å². The minimum Gasteiger partial charge on any atom is -0.469 e. The van der Waals surface area contributed by atoms with Crippen molar-refractivity contribution in [2.45, 2.75) is 68.9 Å². The first kappa shape index (κ1) is 17.0. The summed E-state index contributed by atoms with van der Waals surface area (Å²) in [5, 5.41) is 8.72. The van der Waals surface area contributed by atoms with Crippen LogP contribution < -0.4 is 0 Å². The second-order valence-electron chi connectivity index (χ2n) is 5.78. The van der Waals surface area contributed by atoms with Gasteiger partial charge in [-0.25, -0.2) is 0 Å². The molecule has 0 aliphatic carbocycles. The molecule has 2 fully saturated rings. The molecule has 2 saturated heterocycles. The molecule has 2 aliphatic rings. The first-order valence-electron chi connectivity index (χ1n) is 7.46. The number of carbonyl (C=O) groups is 1. The van der Waals surface area contributed by atoms with Crippen LogP contribution in [0.4, 0.5) is 0 Å². The Morgan fingerprint density at radius 2 is 2.24 bits per heavy atom. The summed E-state index contributed by atoms with van der Waals surface area (Å²) in [6, 6.07) is 2.19. The molecule has 2 aliphatic heterocycles. The molecule has 6 heteroatoms. The Morgan fingerprint density at radius 1 is 1.43 bits per heavy atom. The van der Waals surface area contributed by atoms with Gasteiger partial charge in [-0.3, -0.25) is 4.79 Å². The van der Waals surface area contributed by atoms with E-state index in [1.807, 2.05) is 0 Å². The van der Waals surface area contributed by atoms with Gasteiger partial charge in [-0.1, -0.05) is 22.6 Å². The van der Waals surface area contributed by atoms with Gasteiger partial charge in [0, 0.05) is 23.7 Å². The van der Waals surface area contributed by atoms with Crippen LogP contribution in [0.3, 0.4) is 0 Å². The molecular formula is C15H22INO4. The summed E-state index contributed by atoms with van der Waals surface area (Å²) in [6.45, 7) is 0. The predicted octanol–water partition coefficient (Wildman–Crippen LogP) is 2.75. The number of hydrogen-bond acceptors (Lipinski definition) is 5. The van der Waals surface area contributed by atoms with Gasteiger partial charge < -0.3 is 14.2 Å². The Kier molecular flexibility index (Phi) is 6.26. The van der Waals surface area contributed by atoms with Crippen molar-refractivity contribution in [2.75, 3.05) is 11.5 Å². The number of halogens is 1. The highest BCUT2D eigenvalue weighted by Gasteiger charge is 2.52. The minimum absolute atomic E-state index is 0.0681. The molecule has 0 bridgehead atoms. The number of methoxy groups -OCH3 is 1. The summed E-state index contributed by atoms with van der Waals surface area (Å²) in [6.07, 6.45) is 5.54. The van der Waals surface area contributed by atoms with Crippen LogP contribution in [0.15, 0.2) is 0 Å². The predicted molar refractivity (Wildman–Crippen MR) is 85.1 cm³/mol. The maximum Gasteiger partial charge on any atom is 0.305 e. The molecule has 0 spiro atoms. The lowest BCUT2D eigenvalue weighted by molar-refractivity contribution is -0.153. The van der Waals surface area contributed by atoms with E-state index in [4.69, 9.17) is 14.7 Å². The first-order chi connectivity index (χ1) is 10.1. The molecule has 2 rings (SSSR count). The lowest BCUT2D eigenvalue weighted by Crippen LogP contribution is -2.49. The Balaban J connectivity index is 1.92. The normalized spacial score (nSPS) is 35.0. The number of nitriles is 1. The molecule has 0 radical (unpaired) electrons. The number of nitrogens with zero attached hydrogens (tertiary/aromatic N) is 1. The van der Waals surface area contributed by atoms with Crippen molar-refractivity contribution in [1.29, 1.82) is 5.26 Å². The summed E-state index contributed by atoms with van der Waals surface area (Å²) in [7, 11) is 1.41. The van der Waals surface area contributed by atoms with E-state index in [0.29, 0.717) is 19.3 Å². The third-order valence-electron chi connectivity index (χ3n) is 4.37. The van der Waals surface area contributed by atoms with Crippen molar-refractivity contribution in [3.8, 4) is 6.07 Å². The zero-order chi connectivity index (χ0) is 15.3. The van der Waals surface area contributed by atoms with Gasteiger partial charge in [0.2, 0.25) is 0 Å². The summed E-state index contributed by atoms with van der Waals surface area (Å²) >= 11 is 2.36. The lowest BCUT2D eigenvalue weighted by atomic mass is 9.87. The van der Waals surface area contributed by atoms with E-state index < -0.39 is 0 Å². The van der Waals surface area contributed by atoms with Gasteiger partial charge in [0.25, 0.3) is 0 Å². The monoisotopic (exact) mass is 407 g/mol. The molecule has 0 aromatic rings. The molecular weight excluding hydrogens is 385 g/mol. The van der Waals surface area contributed by atoms with Crippen molar-refractivity contribution < 1.29 is 19.0 Å². The smallest absolute Gasteiger partial charge is 0.305 e. The van der Waals surface area contributed by atoms with Crippen LogP contribution >= 0.6 is 22.6 Å². The highest BCUT2D eigenvalue weighted by molar-refractivity contribution is 14.1. The number of hydrogen-bond donors (Lipinski definition) is 0. The van der Waals surface area contributed by atoms with Crippen LogP contribution in [0, 0.1) is 11.3 Å². The fraction of sp³-hybridized carbons (Fsp3) is 0.867. The highest BCUT2D eigenvalue weighted by atomic mass is 127. The van der Waals surface area contributed by atoms with Crippen LogP contribution in [-0.4, -0.2) is 41.4 Å². The van der Waals surface area contributed by atoms with Crippen LogP contribution in [-0.2, 0) is 19.0 Å². The van der Waals surface area contributed by atoms with E-state index in [1.165, 1.54) is 7.11 Å². The van der Waals surface area contributed by atoms with Crippen molar-refractivity contribution in [3.05, 3.63) is 0 Å². The average molecular weight is 407 g/mol. The van der Waals surface area contributed by atoms with E-state index in [0.717, 1.165) is 30.1 Å². The second-order valence-corrected chi connectivity index (χ2v) is 6.54. The van der Waals surface area contributed by atoms with Gasteiger partial charge in [0.15, 0.2) is 0 Å². The van der Waals surface area contributed by atoms with Gasteiger partial charge in [0.05, 0.1) is 31.5 Å². The van der Waals surface area contributed by atoms with Gasteiger partial charge in [-0.2, -0.15) is 5.26 Å². The van der Waals surface area contributed by atoms with Crippen LogP contribution in [0.25, 0.3) is 0 Å². The van der Waals surface area contributed by atoms with E-state index in [9.17, 15) is 4.79 Å². The maximum absolute atomic E-state index is 11.3. The molecule has 0 saturated carbocycles. The van der Waals surface area contributed by atoms with Gasteiger partial charge in [0.1, 0.15) is 5.60 Å². The molecule has 5 nitrogen and oxygen atoms in total. The first-order valence-corrected chi connectivity index (χ1v) is 8.99. The lowest BCUT2D eigenvalue weighted by Gasteiger charge is -2.41. The minimum atomic E-state index is -0.236. The Morgan fingerprint density at radius 3 is 2.90 bits per heavy atom. The molecule has 118 valence electrons. The fourth-order valence-corrected chi connectivity index (χ4v) is 4.24. The molecule has 21 heavy (non-hydrogen) atoms. The van der Waals surface area contributed by atoms with Crippen molar-refractivity contribution in [3.63, 3.8) is 0 Å². The SMILES string of the molecule is COC(=O)CC[C@H]1CC2(CI)O[C@@H](CCC#N)CCC2O1. The number of carbonyl (C=O) groups excluding carboxylic acids is 1. The summed E-state index contributed by atoms with van der Waals surface area (Å²) in [4.78, 5) is 11.3. The molecule has 0 amide bonds. The molecule has 0 aromatic carbocycles. The van der Waals surface area contributed by atoms with E-state index >= 15 is 0 Å². The van der Waals surface area contributed by atoms with E-state index in [1.54, 1.807) is 0 Å². The number of alkyl halides is 1. The Labute approximate surface area is 139 Å². The van der Waals surface area contributed by atoms with Gasteiger partial charge >= 0.3 is 5.97 Å². The standard InChI is InChI=1S/C15H22INO4/c1-19-14(18)7-5-12-9-15(10-16)13(20-12)6-4-11(21-15)3-2-8-17/h11-13H,2-7,9-10H2,1H3/t11-,12-,13?,15?/m0/s1. The quantitative estimate of drug-likeness (QED) is 0.385. The molecule has 2 heterocycles. The van der Waals surface area contributed by atoms with E-state index in [2.05, 4.69) is 33.4 Å². The van der Waals surface area contributed by atoms with Crippen molar-refractivity contribution >= 4 is 28.6 Å². The summed E-state index contributed by atoms with van der Waals surface area (Å²) in [5.41, 5.74) is -0.236. The van der Waals surface area contributed by atoms with Crippen LogP contribution in [0.1, 0.15) is 44.9 Å². The third-order valence-corrected chi connectivity index (χ3v) is 5.66. The summed E-state index contributed by atoms with van der Waals surface area (Å²) in [5.74, 6) is -0.190. The number of esters is 1. The van der Waals surface area contributed by atoms with Gasteiger partial charge in [-0.05, 0) is 25.7 Å². The maximum atomic E-state index is 11.3. The topological polar surface area (TPSA) is 68.5 Å². The molecule has 0 aromatic heterocycles. The second kappa shape index (κ2) is 7.75. The number of fused-ring (bicyclic) bond motifs is 1. The molecule has 2 unspecified atom stereocenters. The largest absolute Gasteiger partial charge is 0.469 e. The Hall–Kier alpha value is -0.390.